The molecule has 3 rings (SSSR count). The molecule has 2 aromatic rings. The van der Waals surface area contributed by atoms with Crippen molar-refractivity contribution >= 4 is 80.5 Å². The maximum absolute atomic E-state index is 14.6. The molecule has 9 nitrogen and oxygen atoms in total. The van der Waals surface area contributed by atoms with Crippen molar-refractivity contribution < 1.29 is 27.1 Å². The smallest absolute Gasteiger partial charge is 0.269 e. The number of piperidine rings is 1. The molecule has 4 N–H and O–H groups in total. The van der Waals surface area contributed by atoms with Gasteiger partial charge in [0.1, 0.15) is 10.7 Å². The first-order chi connectivity index (χ1) is 18.4. The molecule has 0 bridgehead atoms. The molecule has 1 aliphatic heterocycles. The molecule has 2 aromatic carbocycles. The molecule has 0 saturated carbocycles. The predicted molar refractivity (Wildman–Crippen MR) is 164 cm³/mol. The fraction of sp³-hybridized carbons (Fsp3) is 0.440. The maximum Gasteiger partial charge on any atom is 0.269 e. The van der Waals surface area contributed by atoms with Crippen molar-refractivity contribution in [2.24, 2.45) is 11.7 Å². The van der Waals surface area contributed by atoms with Crippen LogP contribution >= 0.6 is 39.7 Å². The summed E-state index contributed by atoms with van der Waals surface area (Å²) in [6, 6.07) is 7.06. The van der Waals surface area contributed by atoms with Crippen LogP contribution in [0.4, 0.5) is 15.8 Å². The summed E-state index contributed by atoms with van der Waals surface area (Å²) >= 11 is 15.1. The minimum absolute atomic E-state index is 0.0362. The van der Waals surface area contributed by atoms with Gasteiger partial charge in [-0.1, -0.05) is 38.4 Å². The molecule has 1 fully saturated rings. The second-order valence-corrected chi connectivity index (χ2v) is 19.1. The molecular formula is C25H33BrClFN4O5S2Si. The Labute approximate surface area is 254 Å². The van der Waals surface area contributed by atoms with E-state index in [4.69, 9.17) is 34.0 Å². The van der Waals surface area contributed by atoms with Crippen molar-refractivity contribution in [3.05, 3.63) is 50.9 Å². The van der Waals surface area contributed by atoms with Crippen LogP contribution in [0.5, 0.6) is 5.75 Å². The van der Waals surface area contributed by atoms with E-state index >= 15 is 0 Å². The summed E-state index contributed by atoms with van der Waals surface area (Å²) in [5.41, 5.74) is 6.42. The number of halogens is 3. The van der Waals surface area contributed by atoms with Gasteiger partial charge in [-0.05, 0) is 70.5 Å². The highest BCUT2D eigenvalue weighted by atomic mass is 79.9. The second-order valence-electron chi connectivity index (χ2n) is 11.1. The number of nitrogens with one attached hydrogen (secondary N) is 2. The molecule has 1 heterocycles. The number of nitrogens with zero attached hydrogens (tertiary/aromatic N) is 1. The molecule has 0 aliphatic carbocycles. The number of carbonyl (C=O) groups excluding carboxylic acids is 1. The number of anilines is 2. The van der Waals surface area contributed by atoms with E-state index in [2.05, 4.69) is 20.7 Å². The number of rotatable bonds is 7. The first kappa shape index (κ1) is 32.7. The number of hydrogen-bond donors (Lipinski definition) is 3. The molecule has 1 amide bonds. The van der Waals surface area contributed by atoms with Crippen LogP contribution in [0.25, 0.3) is 0 Å². The summed E-state index contributed by atoms with van der Waals surface area (Å²) in [7, 11) is -7.37. The Bertz CT molecular complexity index is 1420. The van der Waals surface area contributed by atoms with Gasteiger partial charge in [-0.25, -0.2) is 17.5 Å². The lowest BCUT2D eigenvalue weighted by molar-refractivity contribution is -0.854. The number of thiocarbonyl (C=S) groups is 1. The van der Waals surface area contributed by atoms with E-state index in [0.29, 0.717) is 0 Å². The standard InChI is InChI=1S/C25H33BrClFN4O5S2Si/c1-25(2,3)40(4,5)37-21-19(32(24(29)38)18-8-6-7-17(28)20(18)26)10-9-16(27)22(21)39(35,36)30-23(33)15-11-13-31(34)14-12-15/h6-10,15,31H,11-14H2,1-5H3,(H2,29,38)(H,30,33). The normalized spacial score (nSPS) is 18.2. The summed E-state index contributed by atoms with van der Waals surface area (Å²) in [5.74, 6) is -2.13. The summed E-state index contributed by atoms with van der Waals surface area (Å²) in [5, 5.41) is 10.9. The molecule has 15 heteroatoms. The van der Waals surface area contributed by atoms with Crippen LogP contribution in [-0.4, -0.2) is 40.8 Å². The molecule has 0 radical (unpaired) electrons. The summed E-state index contributed by atoms with van der Waals surface area (Å²) in [6.45, 7) is 10.2. The van der Waals surface area contributed by atoms with E-state index < -0.39 is 40.9 Å². The highest BCUT2D eigenvalue weighted by Crippen LogP contribution is 2.47. The minimum Gasteiger partial charge on any atom is -0.634 e. The molecule has 0 atom stereocenters. The average Bonchev–Trinajstić information content (AvgIpc) is 2.82. The third-order valence-electron chi connectivity index (χ3n) is 7.26. The molecule has 0 unspecified atom stereocenters. The lowest BCUT2D eigenvalue weighted by Gasteiger charge is -2.38. The number of hydroxylamine groups is 2. The van der Waals surface area contributed by atoms with Gasteiger partial charge >= 0.3 is 0 Å². The third kappa shape index (κ3) is 6.97. The number of sulfonamides is 1. The van der Waals surface area contributed by atoms with Crippen LogP contribution in [0, 0.1) is 16.9 Å². The largest absolute Gasteiger partial charge is 0.634 e. The van der Waals surface area contributed by atoms with E-state index in [9.17, 15) is 22.8 Å². The van der Waals surface area contributed by atoms with Crippen LogP contribution in [-0.2, 0) is 14.8 Å². The van der Waals surface area contributed by atoms with Crippen molar-refractivity contribution in [3.8, 4) is 5.75 Å². The minimum atomic E-state index is -4.60. The Balaban J connectivity index is 2.25. The van der Waals surface area contributed by atoms with Gasteiger partial charge in [-0.3, -0.25) is 9.69 Å². The van der Waals surface area contributed by atoms with Gasteiger partial charge in [0.2, 0.25) is 5.91 Å². The van der Waals surface area contributed by atoms with Crippen LogP contribution < -0.4 is 24.8 Å². The number of amides is 1. The Morgan fingerprint density at radius 3 is 2.40 bits per heavy atom. The first-order valence-corrected chi connectivity index (χ1v) is 18.5. The van der Waals surface area contributed by atoms with Gasteiger partial charge in [0.15, 0.2) is 10.9 Å². The molecule has 1 saturated heterocycles. The number of hydrogen-bond acceptors (Lipinski definition) is 6. The van der Waals surface area contributed by atoms with Crippen molar-refractivity contribution in [1.82, 2.24) is 4.72 Å². The van der Waals surface area contributed by atoms with Crippen LogP contribution in [0.15, 0.2) is 39.7 Å². The van der Waals surface area contributed by atoms with Crippen LogP contribution in [0.3, 0.4) is 0 Å². The maximum atomic E-state index is 14.6. The molecule has 0 spiro atoms. The zero-order valence-corrected chi connectivity index (χ0v) is 27.8. The summed E-state index contributed by atoms with van der Waals surface area (Å²) in [4.78, 5) is 13.8. The van der Waals surface area contributed by atoms with Crippen molar-refractivity contribution in [1.29, 1.82) is 0 Å². The van der Waals surface area contributed by atoms with Gasteiger partial charge in [0.25, 0.3) is 18.3 Å². The van der Waals surface area contributed by atoms with Crippen molar-refractivity contribution in [3.63, 3.8) is 0 Å². The molecular weight excluding hydrogens is 663 g/mol. The zero-order chi connectivity index (χ0) is 30.2. The monoisotopic (exact) mass is 694 g/mol. The Hall–Kier alpha value is -1.81. The van der Waals surface area contributed by atoms with Gasteiger partial charge in [-0.2, -0.15) is 0 Å². The SMILES string of the molecule is CC(C)(C)[Si](C)(C)Oc1c(N(C(N)=S)c2cccc(F)c2Br)ccc(Cl)c1S(=O)(=O)NC(=O)C1CC[NH+]([O-])CC1. The average molecular weight is 696 g/mol. The third-order valence-corrected chi connectivity index (χ3v) is 14.4. The lowest BCUT2D eigenvalue weighted by atomic mass is 9.97. The van der Waals surface area contributed by atoms with Crippen molar-refractivity contribution in [2.75, 3.05) is 18.0 Å². The van der Waals surface area contributed by atoms with E-state index in [1.54, 1.807) is 6.07 Å². The van der Waals surface area contributed by atoms with Gasteiger partial charge in [-0.15, -0.1) is 0 Å². The predicted octanol–water partition coefficient (Wildman–Crippen LogP) is 4.60. The molecule has 0 aromatic heterocycles. The van der Waals surface area contributed by atoms with E-state index in [1.807, 2.05) is 33.9 Å². The van der Waals surface area contributed by atoms with Gasteiger partial charge in [0, 0.05) is 18.8 Å². The van der Waals surface area contributed by atoms with E-state index in [1.165, 1.54) is 29.2 Å². The second kappa shape index (κ2) is 12.2. The lowest BCUT2D eigenvalue weighted by Crippen LogP contribution is -3.08. The fourth-order valence-corrected chi connectivity index (χ4v) is 7.40. The quantitative estimate of drug-likeness (QED) is 0.218. The fourth-order valence-electron chi connectivity index (χ4n) is 3.96. The topological polar surface area (TPSA) is 129 Å². The Morgan fingerprint density at radius 2 is 1.85 bits per heavy atom. The highest BCUT2D eigenvalue weighted by Gasteiger charge is 2.42. The molecule has 40 heavy (non-hydrogen) atoms. The number of nitrogens with two attached hydrogens (primary N) is 1. The van der Waals surface area contributed by atoms with E-state index in [-0.39, 0.29) is 67.8 Å². The molecule has 1 aliphatic rings. The van der Waals surface area contributed by atoms with Crippen molar-refractivity contribution in [2.45, 2.75) is 56.6 Å². The van der Waals surface area contributed by atoms with Crippen LogP contribution in [0.2, 0.25) is 23.2 Å². The number of quaternary nitrogens is 1. The Morgan fingerprint density at radius 1 is 1.25 bits per heavy atom. The van der Waals surface area contributed by atoms with Crippen LogP contribution in [0.1, 0.15) is 33.6 Å². The number of benzene rings is 2. The summed E-state index contributed by atoms with van der Waals surface area (Å²) in [6.07, 6.45) is 0.508. The summed E-state index contributed by atoms with van der Waals surface area (Å²) < 4.78 is 51.0. The highest BCUT2D eigenvalue weighted by molar-refractivity contribution is 9.10. The first-order valence-electron chi connectivity index (χ1n) is 12.5. The zero-order valence-electron chi connectivity index (χ0n) is 22.8. The van der Waals surface area contributed by atoms with Gasteiger partial charge in [0.05, 0.1) is 34.0 Å². The number of carbonyl (C=O) groups is 1. The van der Waals surface area contributed by atoms with E-state index in [0.717, 1.165) is 0 Å². The van der Waals surface area contributed by atoms with Gasteiger partial charge < -0.3 is 20.4 Å². The molecule has 220 valence electrons. The Kier molecular flexibility index (Phi) is 9.97.